The monoisotopic (exact) mass is 346 g/mol. The number of likely N-dealkylation sites (tertiary alicyclic amines) is 1. The maximum Gasteiger partial charge on any atom is 0.255 e. The van der Waals surface area contributed by atoms with Crippen molar-refractivity contribution in [2.45, 2.75) is 45.6 Å². The minimum atomic E-state index is -0.119. The van der Waals surface area contributed by atoms with Gasteiger partial charge in [-0.15, -0.1) is 0 Å². The molecule has 1 fully saturated rings. The summed E-state index contributed by atoms with van der Waals surface area (Å²) in [7, 11) is 3.83. The van der Waals surface area contributed by atoms with Gasteiger partial charge in [-0.3, -0.25) is 9.59 Å². The second kappa shape index (κ2) is 8.83. The van der Waals surface area contributed by atoms with Crippen LogP contribution in [0, 0.1) is 5.92 Å². The third kappa shape index (κ3) is 5.18. The highest BCUT2D eigenvalue weighted by Gasteiger charge is 2.29. The highest BCUT2D eigenvalue weighted by Crippen LogP contribution is 2.20. The van der Waals surface area contributed by atoms with E-state index in [1.807, 2.05) is 32.0 Å². The second-order valence-corrected chi connectivity index (χ2v) is 7.09. The third-order valence-electron chi connectivity index (χ3n) is 4.64. The Kier molecular flexibility index (Phi) is 6.79. The fourth-order valence-corrected chi connectivity index (χ4v) is 3.20. The topological polar surface area (TPSA) is 65.5 Å². The maximum absolute atomic E-state index is 12.7. The number of pyridine rings is 1. The van der Waals surface area contributed by atoms with Crippen LogP contribution >= 0.6 is 0 Å². The van der Waals surface area contributed by atoms with Gasteiger partial charge in [0.1, 0.15) is 5.82 Å². The van der Waals surface area contributed by atoms with E-state index < -0.39 is 0 Å². The van der Waals surface area contributed by atoms with Crippen LogP contribution in [0.2, 0.25) is 0 Å². The molecule has 6 nitrogen and oxygen atoms in total. The van der Waals surface area contributed by atoms with Crippen molar-refractivity contribution in [3.63, 3.8) is 0 Å². The zero-order valence-electron chi connectivity index (χ0n) is 15.8. The molecule has 0 radical (unpaired) electrons. The molecule has 1 N–H and O–H groups in total. The molecule has 2 heterocycles. The Morgan fingerprint density at radius 1 is 1.40 bits per heavy atom. The molecule has 0 aliphatic carbocycles. The van der Waals surface area contributed by atoms with Crippen molar-refractivity contribution in [2.24, 2.45) is 5.92 Å². The number of nitrogens with zero attached hydrogens (tertiary/aromatic N) is 3. The van der Waals surface area contributed by atoms with Crippen LogP contribution in [0.15, 0.2) is 18.3 Å². The van der Waals surface area contributed by atoms with Gasteiger partial charge in [-0.05, 0) is 38.3 Å². The van der Waals surface area contributed by atoms with E-state index in [1.165, 1.54) is 0 Å². The van der Waals surface area contributed by atoms with Gasteiger partial charge in [-0.25, -0.2) is 4.98 Å². The molecule has 1 aliphatic heterocycles. The van der Waals surface area contributed by atoms with Crippen LogP contribution in [0.5, 0.6) is 0 Å². The Morgan fingerprint density at radius 3 is 2.76 bits per heavy atom. The predicted molar refractivity (Wildman–Crippen MR) is 99.7 cm³/mol. The predicted octanol–water partition coefficient (Wildman–Crippen LogP) is 2.30. The Hall–Kier alpha value is -2.11. The highest BCUT2D eigenvalue weighted by atomic mass is 16.2. The molecule has 0 saturated carbocycles. The van der Waals surface area contributed by atoms with E-state index in [0.29, 0.717) is 18.7 Å². The number of anilines is 1. The van der Waals surface area contributed by atoms with Gasteiger partial charge in [0.2, 0.25) is 5.91 Å². The number of piperidine rings is 1. The van der Waals surface area contributed by atoms with E-state index in [2.05, 4.69) is 17.2 Å². The summed E-state index contributed by atoms with van der Waals surface area (Å²) in [6.07, 6.45) is 5.34. The molecule has 2 rings (SSSR count). The number of carbonyl (C=O) groups is 2. The van der Waals surface area contributed by atoms with E-state index in [9.17, 15) is 9.59 Å². The molecule has 0 aromatic carbocycles. The largest absolute Gasteiger partial charge is 0.363 e. The lowest BCUT2D eigenvalue weighted by Crippen LogP contribution is -2.47. The van der Waals surface area contributed by atoms with Gasteiger partial charge in [-0.2, -0.15) is 0 Å². The molecule has 0 unspecified atom stereocenters. The van der Waals surface area contributed by atoms with Crippen LogP contribution in [0.3, 0.4) is 0 Å². The van der Waals surface area contributed by atoms with Crippen molar-refractivity contribution in [1.82, 2.24) is 15.2 Å². The van der Waals surface area contributed by atoms with Crippen LogP contribution in [0.25, 0.3) is 0 Å². The second-order valence-electron chi connectivity index (χ2n) is 7.09. The first kappa shape index (κ1) is 19.2. The SMILES string of the molecule is CCC[C@@H](C)NC(=O)[C@@H]1CCCN(C(=O)c2ccc(N(C)C)nc2)C1. The third-order valence-corrected chi connectivity index (χ3v) is 4.64. The van der Waals surface area contributed by atoms with E-state index >= 15 is 0 Å². The molecule has 2 amide bonds. The molecule has 0 spiro atoms. The van der Waals surface area contributed by atoms with Gasteiger partial charge >= 0.3 is 0 Å². The van der Waals surface area contributed by atoms with Gasteiger partial charge in [0.25, 0.3) is 5.91 Å². The smallest absolute Gasteiger partial charge is 0.255 e. The molecular weight excluding hydrogens is 316 g/mol. The summed E-state index contributed by atoms with van der Waals surface area (Å²) in [6.45, 7) is 5.33. The van der Waals surface area contributed by atoms with Gasteiger partial charge in [-0.1, -0.05) is 13.3 Å². The Balaban J connectivity index is 1.97. The summed E-state index contributed by atoms with van der Waals surface area (Å²) in [5.74, 6) is 0.722. The Bertz CT molecular complexity index is 586. The van der Waals surface area contributed by atoms with Crippen molar-refractivity contribution < 1.29 is 9.59 Å². The maximum atomic E-state index is 12.7. The summed E-state index contributed by atoms with van der Waals surface area (Å²) in [5, 5.41) is 3.07. The Labute approximate surface area is 150 Å². The molecule has 0 bridgehead atoms. The van der Waals surface area contributed by atoms with Crippen LogP contribution in [0.1, 0.15) is 49.9 Å². The minimum absolute atomic E-state index is 0.0445. The molecule has 1 aromatic rings. The molecule has 25 heavy (non-hydrogen) atoms. The average Bonchev–Trinajstić information content (AvgIpc) is 2.61. The van der Waals surface area contributed by atoms with E-state index in [0.717, 1.165) is 31.5 Å². The molecule has 1 aromatic heterocycles. The standard InChI is InChI=1S/C19H30N4O2/c1-5-7-14(2)21-18(24)16-8-6-11-23(13-16)19(25)15-9-10-17(20-12-15)22(3)4/h9-10,12,14,16H,5-8,11,13H2,1-4H3,(H,21,24)/t14-,16-/m1/s1. The quantitative estimate of drug-likeness (QED) is 0.858. The molecule has 1 aliphatic rings. The lowest BCUT2D eigenvalue weighted by Gasteiger charge is -2.32. The molecule has 6 heteroatoms. The normalized spacial score (nSPS) is 18.6. The van der Waals surface area contributed by atoms with Crippen LogP contribution in [-0.2, 0) is 4.79 Å². The van der Waals surface area contributed by atoms with Crippen LogP contribution in [0.4, 0.5) is 5.82 Å². The van der Waals surface area contributed by atoms with Gasteiger partial charge in [0.15, 0.2) is 0 Å². The van der Waals surface area contributed by atoms with Gasteiger partial charge < -0.3 is 15.1 Å². The molecule has 1 saturated heterocycles. The molecule has 138 valence electrons. The summed E-state index contributed by atoms with van der Waals surface area (Å²) in [5.41, 5.74) is 0.575. The highest BCUT2D eigenvalue weighted by molar-refractivity contribution is 5.94. The van der Waals surface area contributed by atoms with Gasteiger partial charge in [0.05, 0.1) is 11.5 Å². The number of rotatable bonds is 6. The fourth-order valence-electron chi connectivity index (χ4n) is 3.20. The number of amides is 2. The van der Waals surface area contributed by atoms with Crippen molar-refractivity contribution >= 4 is 17.6 Å². The Morgan fingerprint density at radius 2 is 2.16 bits per heavy atom. The molecular formula is C19H30N4O2. The minimum Gasteiger partial charge on any atom is -0.363 e. The number of hydrogen-bond acceptors (Lipinski definition) is 4. The first-order valence-electron chi connectivity index (χ1n) is 9.15. The van der Waals surface area contributed by atoms with Crippen LogP contribution < -0.4 is 10.2 Å². The first-order valence-corrected chi connectivity index (χ1v) is 9.15. The van der Waals surface area contributed by atoms with Crippen molar-refractivity contribution in [1.29, 1.82) is 0 Å². The van der Waals surface area contributed by atoms with E-state index in [-0.39, 0.29) is 23.8 Å². The van der Waals surface area contributed by atoms with E-state index in [1.54, 1.807) is 17.2 Å². The van der Waals surface area contributed by atoms with E-state index in [4.69, 9.17) is 0 Å². The number of hydrogen-bond donors (Lipinski definition) is 1. The lowest BCUT2D eigenvalue weighted by atomic mass is 9.96. The summed E-state index contributed by atoms with van der Waals surface area (Å²) in [6, 6.07) is 3.83. The summed E-state index contributed by atoms with van der Waals surface area (Å²) < 4.78 is 0. The summed E-state index contributed by atoms with van der Waals surface area (Å²) >= 11 is 0. The number of aromatic nitrogens is 1. The zero-order valence-corrected chi connectivity index (χ0v) is 15.8. The average molecular weight is 346 g/mol. The lowest BCUT2D eigenvalue weighted by molar-refractivity contribution is -0.127. The summed E-state index contributed by atoms with van der Waals surface area (Å²) in [4.78, 5) is 33.1. The van der Waals surface area contributed by atoms with Crippen molar-refractivity contribution in [2.75, 3.05) is 32.1 Å². The zero-order chi connectivity index (χ0) is 18.4. The van der Waals surface area contributed by atoms with Crippen LogP contribution in [-0.4, -0.2) is 54.9 Å². The van der Waals surface area contributed by atoms with Crippen molar-refractivity contribution in [3.05, 3.63) is 23.9 Å². The number of nitrogens with one attached hydrogen (secondary N) is 1. The van der Waals surface area contributed by atoms with Gasteiger partial charge in [0, 0.05) is 39.4 Å². The molecule has 2 atom stereocenters. The number of carbonyl (C=O) groups excluding carboxylic acids is 2. The van der Waals surface area contributed by atoms with Crippen molar-refractivity contribution in [3.8, 4) is 0 Å². The first-order chi connectivity index (χ1) is 11.9. The fraction of sp³-hybridized carbons (Fsp3) is 0.632.